The predicted molar refractivity (Wildman–Crippen MR) is 76.8 cm³/mol. The van der Waals surface area contributed by atoms with Gasteiger partial charge in [0.05, 0.1) is 23.9 Å². The van der Waals surface area contributed by atoms with Crippen molar-refractivity contribution in [3.8, 4) is 11.8 Å². The van der Waals surface area contributed by atoms with E-state index in [0.29, 0.717) is 12.2 Å². The van der Waals surface area contributed by atoms with Gasteiger partial charge in [-0.25, -0.2) is 0 Å². The quantitative estimate of drug-likeness (QED) is 0.894. The van der Waals surface area contributed by atoms with Crippen molar-refractivity contribution in [3.63, 3.8) is 0 Å². The van der Waals surface area contributed by atoms with E-state index >= 15 is 0 Å². The highest BCUT2D eigenvalue weighted by molar-refractivity contribution is 5.67. The topological polar surface area (TPSA) is 45.0 Å². The van der Waals surface area contributed by atoms with Crippen molar-refractivity contribution in [1.82, 2.24) is 0 Å². The summed E-state index contributed by atoms with van der Waals surface area (Å²) in [7, 11) is 0. The highest BCUT2D eigenvalue weighted by atomic mass is 16.5. The van der Waals surface area contributed by atoms with Crippen LogP contribution in [0.15, 0.2) is 42.5 Å². The molecule has 0 fully saturated rings. The van der Waals surface area contributed by atoms with Gasteiger partial charge in [0.15, 0.2) is 0 Å². The van der Waals surface area contributed by atoms with E-state index in [0.717, 1.165) is 22.7 Å². The first-order valence-electron chi connectivity index (χ1n) is 6.24. The molecule has 0 heterocycles. The second-order valence-electron chi connectivity index (χ2n) is 4.20. The average Bonchev–Trinajstić information content (AvgIpc) is 2.41. The summed E-state index contributed by atoms with van der Waals surface area (Å²) in [6.45, 7) is 4.52. The van der Waals surface area contributed by atoms with Gasteiger partial charge < -0.3 is 10.1 Å². The zero-order valence-electron chi connectivity index (χ0n) is 11.1. The maximum absolute atomic E-state index is 8.92. The summed E-state index contributed by atoms with van der Waals surface area (Å²) >= 11 is 0. The maximum atomic E-state index is 8.92. The molecule has 3 nitrogen and oxygen atoms in total. The monoisotopic (exact) mass is 252 g/mol. The molecule has 0 radical (unpaired) electrons. The van der Waals surface area contributed by atoms with Crippen molar-refractivity contribution >= 4 is 11.4 Å². The number of anilines is 2. The first kappa shape index (κ1) is 13.0. The fraction of sp³-hybridized carbons (Fsp3) is 0.188. The first-order valence-corrected chi connectivity index (χ1v) is 6.24. The van der Waals surface area contributed by atoms with E-state index in [1.54, 1.807) is 0 Å². The van der Waals surface area contributed by atoms with Crippen LogP contribution in [0.25, 0.3) is 0 Å². The molecule has 1 N–H and O–H groups in total. The number of rotatable bonds is 4. The number of hydrogen-bond donors (Lipinski definition) is 1. The van der Waals surface area contributed by atoms with E-state index < -0.39 is 0 Å². The molecule has 0 saturated carbocycles. The average molecular weight is 252 g/mol. The van der Waals surface area contributed by atoms with Gasteiger partial charge >= 0.3 is 0 Å². The molecule has 0 spiro atoms. The lowest BCUT2D eigenvalue weighted by molar-refractivity contribution is 0.342. The smallest absolute Gasteiger partial charge is 0.142 e. The molecule has 19 heavy (non-hydrogen) atoms. The second kappa shape index (κ2) is 5.92. The molecule has 2 rings (SSSR count). The van der Waals surface area contributed by atoms with E-state index in [9.17, 15) is 0 Å². The van der Waals surface area contributed by atoms with Crippen molar-refractivity contribution in [1.29, 1.82) is 5.26 Å². The van der Waals surface area contributed by atoms with Crippen LogP contribution in [0.3, 0.4) is 0 Å². The van der Waals surface area contributed by atoms with E-state index in [4.69, 9.17) is 10.00 Å². The van der Waals surface area contributed by atoms with Crippen LogP contribution in [0.5, 0.6) is 5.75 Å². The van der Waals surface area contributed by atoms with Gasteiger partial charge in [-0.05, 0) is 49.7 Å². The van der Waals surface area contributed by atoms with Crippen LogP contribution in [0.2, 0.25) is 0 Å². The summed E-state index contributed by atoms with van der Waals surface area (Å²) < 4.78 is 5.57. The number of nitrogens with zero attached hydrogens (tertiary/aromatic N) is 1. The number of ether oxygens (including phenoxy) is 1. The number of para-hydroxylation sites is 2. The van der Waals surface area contributed by atoms with Crippen LogP contribution >= 0.6 is 0 Å². The summed E-state index contributed by atoms with van der Waals surface area (Å²) in [4.78, 5) is 0. The third-order valence-corrected chi connectivity index (χ3v) is 2.81. The van der Waals surface area contributed by atoms with E-state index in [1.807, 2.05) is 56.3 Å². The van der Waals surface area contributed by atoms with Crippen LogP contribution in [0.1, 0.15) is 18.1 Å². The zero-order chi connectivity index (χ0) is 13.7. The lowest BCUT2D eigenvalue weighted by Crippen LogP contribution is -1.98. The Hall–Kier alpha value is -2.47. The highest BCUT2D eigenvalue weighted by Crippen LogP contribution is 2.28. The molecule has 0 saturated heterocycles. The molecule has 0 bridgehead atoms. The minimum Gasteiger partial charge on any atom is -0.492 e. The molecule has 0 aliphatic carbocycles. The van der Waals surface area contributed by atoms with E-state index in [-0.39, 0.29) is 0 Å². The highest BCUT2D eigenvalue weighted by Gasteiger charge is 2.04. The molecule has 0 atom stereocenters. The number of hydrogen-bond acceptors (Lipinski definition) is 3. The number of benzene rings is 2. The minimum atomic E-state index is 0.630. The standard InChI is InChI=1S/C16H16N2O/c1-3-19-16-7-5-4-6-15(16)18-14-9-8-13(11-17)12(2)10-14/h4-10,18H,3H2,1-2H3. The maximum Gasteiger partial charge on any atom is 0.142 e. The number of nitriles is 1. The second-order valence-corrected chi connectivity index (χ2v) is 4.20. The Labute approximate surface area is 113 Å². The molecular formula is C16H16N2O. The summed E-state index contributed by atoms with van der Waals surface area (Å²) in [5.74, 6) is 0.826. The van der Waals surface area contributed by atoms with Gasteiger partial charge in [-0.3, -0.25) is 0 Å². The largest absolute Gasteiger partial charge is 0.492 e. The molecule has 0 amide bonds. The Kier molecular flexibility index (Phi) is 4.04. The van der Waals surface area contributed by atoms with Crippen molar-refractivity contribution in [2.24, 2.45) is 0 Å². The van der Waals surface area contributed by atoms with Gasteiger partial charge in [0.1, 0.15) is 5.75 Å². The molecule has 0 unspecified atom stereocenters. The number of aryl methyl sites for hydroxylation is 1. The van der Waals surface area contributed by atoms with Crippen LogP contribution in [-0.4, -0.2) is 6.61 Å². The van der Waals surface area contributed by atoms with Gasteiger partial charge in [0.2, 0.25) is 0 Å². The van der Waals surface area contributed by atoms with Gasteiger partial charge in [-0.1, -0.05) is 12.1 Å². The van der Waals surface area contributed by atoms with Crippen LogP contribution in [-0.2, 0) is 0 Å². The molecular weight excluding hydrogens is 236 g/mol. The Morgan fingerprint density at radius 3 is 2.68 bits per heavy atom. The SMILES string of the molecule is CCOc1ccccc1Nc1ccc(C#N)c(C)c1. The molecule has 2 aromatic rings. The third kappa shape index (κ3) is 3.05. The summed E-state index contributed by atoms with van der Waals surface area (Å²) in [5, 5.41) is 12.2. The van der Waals surface area contributed by atoms with Crippen molar-refractivity contribution in [2.75, 3.05) is 11.9 Å². The zero-order valence-corrected chi connectivity index (χ0v) is 11.1. The minimum absolute atomic E-state index is 0.630. The fourth-order valence-electron chi connectivity index (χ4n) is 1.87. The van der Waals surface area contributed by atoms with Gasteiger partial charge in [0, 0.05) is 5.69 Å². The lowest BCUT2D eigenvalue weighted by Gasteiger charge is -2.12. The predicted octanol–water partition coefficient (Wildman–Crippen LogP) is 4.01. The van der Waals surface area contributed by atoms with Crippen molar-refractivity contribution in [3.05, 3.63) is 53.6 Å². The molecule has 0 aliphatic heterocycles. The molecule has 0 aliphatic rings. The Balaban J connectivity index is 2.26. The van der Waals surface area contributed by atoms with Crippen LogP contribution in [0, 0.1) is 18.3 Å². The van der Waals surface area contributed by atoms with Gasteiger partial charge in [-0.15, -0.1) is 0 Å². The normalized spacial score (nSPS) is 9.74. The third-order valence-electron chi connectivity index (χ3n) is 2.81. The molecule has 96 valence electrons. The van der Waals surface area contributed by atoms with Crippen molar-refractivity contribution < 1.29 is 4.74 Å². The Morgan fingerprint density at radius 2 is 2.00 bits per heavy atom. The Morgan fingerprint density at radius 1 is 1.21 bits per heavy atom. The summed E-state index contributed by atoms with van der Waals surface area (Å²) in [6.07, 6.45) is 0. The molecule has 3 heteroatoms. The lowest BCUT2D eigenvalue weighted by atomic mass is 10.1. The molecule has 2 aromatic carbocycles. The van der Waals surface area contributed by atoms with Gasteiger partial charge in [-0.2, -0.15) is 5.26 Å². The van der Waals surface area contributed by atoms with E-state index in [2.05, 4.69) is 11.4 Å². The van der Waals surface area contributed by atoms with E-state index in [1.165, 1.54) is 0 Å². The molecule has 0 aromatic heterocycles. The van der Waals surface area contributed by atoms with Crippen molar-refractivity contribution in [2.45, 2.75) is 13.8 Å². The summed E-state index contributed by atoms with van der Waals surface area (Å²) in [6, 6.07) is 15.7. The van der Waals surface area contributed by atoms with Crippen LogP contribution in [0.4, 0.5) is 11.4 Å². The van der Waals surface area contributed by atoms with Gasteiger partial charge in [0.25, 0.3) is 0 Å². The fourth-order valence-corrected chi connectivity index (χ4v) is 1.87. The number of nitrogens with one attached hydrogen (secondary N) is 1. The summed E-state index contributed by atoms with van der Waals surface area (Å²) in [5.41, 5.74) is 3.53. The first-order chi connectivity index (χ1) is 9.24. The van der Waals surface area contributed by atoms with Crippen LogP contribution < -0.4 is 10.1 Å². The Bertz CT molecular complexity index is 614.